The Bertz CT molecular complexity index is 1010. The fourth-order valence-electron chi connectivity index (χ4n) is 4.40. The van der Waals surface area contributed by atoms with Gasteiger partial charge in [0.05, 0.1) is 17.7 Å². The molecule has 2 aliphatic rings. The van der Waals surface area contributed by atoms with E-state index in [1.165, 1.54) is 10.9 Å². The third kappa shape index (κ3) is 1.99. The highest BCUT2D eigenvalue weighted by Gasteiger charge is 2.39. The molecule has 2 atom stereocenters. The van der Waals surface area contributed by atoms with Crippen molar-refractivity contribution in [2.45, 2.75) is 31.9 Å². The number of H-pyrrole nitrogens is 1. The summed E-state index contributed by atoms with van der Waals surface area (Å²) in [6, 6.07) is 8.31. The van der Waals surface area contributed by atoms with E-state index in [9.17, 15) is 9.90 Å². The number of fused-ring (bicyclic) bond motifs is 6. The Labute approximate surface area is 145 Å². The van der Waals surface area contributed by atoms with E-state index in [-0.39, 0.29) is 11.9 Å². The molecule has 2 N–H and O–H groups in total. The third-order valence-corrected chi connectivity index (χ3v) is 5.59. The lowest BCUT2D eigenvalue weighted by Crippen LogP contribution is -2.44. The molecule has 0 spiro atoms. The van der Waals surface area contributed by atoms with E-state index in [1.807, 2.05) is 11.0 Å². The molecule has 5 rings (SSSR count). The minimum atomic E-state index is -0.632. The van der Waals surface area contributed by atoms with Crippen LogP contribution in [0.1, 0.15) is 51.8 Å². The van der Waals surface area contributed by atoms with Gasteiger partial charge in [0.2, 0.25) is 0 Å². The molecule has 1 aromatic carbocycles. The molecule has 0 aliphatic carbocycles. The molecular weight excluding hydrogens is 314 g/mol. The summed E-state index contributed by atoms with van der Waals surface area (Å²) in [6.45, 7) is 2.44. The van der Waals surface area contributed by atoms with Crippen molar-refractivity contribution >= 4 is 16.8 Å². The maximum atomic E-state index is 13.0. The van der Waals surface area contributed by atoms with Gasteiger partial charge in [0, 0.05) is 41.1 Å². The molecule has 126 valence electrons. The van der Waals surface area contributed by atoms with E-state index in [4.69, 9.17) is 0 Å². The van der Waals surface area contributed by atoms with E-state index >= 15 is 0 Å². The van der Waals surface area contributed by atoms with Gasteiger partial charge in [-0.3, -0.25) is 9.78 Å². The first-order valence-corrected chi connectivity index (χ1v) is 8.70. The maximum absolute atomic E-state index is 13.0. The summed E-state index contributed by atoms with van der Waals surface area (Å²) in [6.07, 6.45) is 4.26. The highest BCUT2D eigenvalue weighted by atomic mass is 16.3. The van der Waals surface area contributed by atoms with Crippen molar-refractivity contribution in [3.63, 3.8) is 0 Å². The number of amides is 1. The number of aromatic nitrogens is 2. The summed E-state index contributed by atoms with van der Waals surface area (Å²) < 4.78 is 0. The molecule has 0 radical (unpaired) electrons. The van der Waals surface area contributed by atoms with Crippen LogP contribution in [0, 0.1) is 0 Å². The van der Waals surface area contributed by atoms with E-state index in [0.29, 0.717) is 12.0 Å². The topological polar surface area (TPSA) is 69.2 Å². The Kier molecular flexibility index (Phi) is 3.03. The minimum absolute atomic E-state index is 0.00366. The van der Waals surface area contributed by atoms with Crippen LogP contribution in [-0.4, -0.2) is 32.4 Å². The average molecular weight is 333 g/mol. The normalized spacial score (nSPS) is 20.2. The number of carbonyl (C=O) groups excluding carboxylic acids is 1. The Morgan fingerprint density at radius 3 is 2.96 bits per heavy atom. The predicted molar refractivity (Wildman–Crippen MR) is 94.4 cm³/mol. The highest BCUT2D eigenvalue weighted by Crippen LogP contribution is 2.41. The summed E-state index contributed by atoms with van der Waals surface area (Å²) in [5.41, 5.74) is 5.91. The van der Waals surface area contributed by atoms with Crippen LogP contribution >= 0.6 is 0 Å². The molecule has 0 bridgehead atoms. The van der Waals surface area contributed by atoms with E-state index in [0.717, 1.165) is 35.3 Å². The van der Waals surface area contributed by atoms with E-state index < -0.39 is 6.10 Å². The van der Waals surface area contributed by atoms with Gasteiger partial charge < -0.3 is 15.0 Å². The van der Waals surface area contributed by atoms with Gasteiger partial charge >= 0.3 is 0 Å². The largest absolute Gasteiger partial charge is 0.389 e. The Morgan fingerprint density at radius 1 is 1.28 bits per heavy atom. The number of hydrogen-bond donors (Lipinski definition) is 2. The zero-order chi connectivity index (χ0) is 17.1. The molecular formula is C20H19N3O2. The van der Waals surface area contributed by atoms with Crippen LogP contribution in [0.3, 0.4) is 0 Å². The zero-order valence-corrected chi connectivity index (χ0v) is 14.0. The third-order valence-electron chi connectivity index (χ3n) is 5.59. The lowest BCUT2D eigenvalue weighted by atomic mass is 9.85. The van der Waals surface area contributed by atoms with Gasteiger partial charge in [0.15, 0.2) is 0 Å². The molecule has 3 aromatic rings. The number of hydrogen-bond acceptors (Lipinski definition) is 3. The molecule has 2 aliphatic heterocycles. The van der Waals surface area contributed by atoms with Crippen LogP contribution in [0.15, 0.2) is 36.7 Å². The molecule has 5 heteroatoms. The highest BCUT2D eigenvalue weighted by molar-refractivity contribution is 5.98. The van der Waals surface area contributed by atoms with Crippen molar-refractivity contribution in [2.24, 2.45) is 0 Å². The molecule has 4 heterocycles. The summed E-state index contributed by atoms with van der Waals surface area (Å²) in [7, 11) is 0. The van der Waals surface area contributed by atoms with Crippen molar-refractivity contribution < 1.29 is 9.90 Å². The van der Waals surface area contributed by atoms with Crippen LogP contribution in [-0.2, 0) is 12.8 Å². The monoisotopic (exact) mass is 333 g/mol. The fourth-order valence-corrected chi connectivity index (χ4v) is 4.40. The number of carbonyl (C=O) groups is 1. The van der Waals surface area contributed by atoms with E-state index in [2.05, 4.69) is 28.2 Å². The second-order valence-electron chi connectivity index (χ2n) is 6.96. The molecule has 2 aromatic heterocycles. The van der Waals surface area contributed by atoms with Crippen molar-refractivity contribution in [3.05, 3.63) is 64.6 Å². The first-order valence-electron chi connectivity index (χ1n) is 8.70. The quantitative estimate of drug-likeness (QED) is 0.719. The van der Waals surface area contributed by atoms with Gasteiger partial charge in [0.25, 0.3) is 5.91 Å². The first-order chi connectivity index (χ1) is 12.1. The zero-order valence-electron chi connectivity index (χ0n) is 14.0. The molecule has 0 saturated heterocycles. The van der Waals surface area contributed by atoms with Gasteiger partial charge in [0.1, 0.15) is 0 Å². The number of pyridine rings is 1. The van der Waals surface area contributed by atoms with Gasteiger partial charge in [-0.25, -0.2) is 0 Å². The van der Waals surface area contributed by atoms with Crippen molar-refractivity contribution in [3.8, 4) is 0 Å². The van der Waals surface area contributed by atoms with Crippen molar-refractivity contribution in [2.75, 3.05) is 6.54 Å². The van der Waals surface area contributed by atoms with E-state index in [1.54, 1.807) is 19.3 Å². The molecule has 0 unspecified atom stereocenters. The molecule has 0 fully saturated rings. The van der Waals surface area contributed by atoms with Crippen LogP contribution in [0.2, 0.25) is 0 Å². The van der Waals surface area contributed by atoms with Crippen LogP contribution in [0.25, 0.3) is 10.9 Å². The summed E-state index contributed by atoms with van der Waals surface area (Å²) in [5, 5.41) is 11.3. The number of nitrogens with one attached hydrogen (secondary N) is 1. The molecule has 0 saturated carbocycles. The van der Waals surface area contributed by atoms with Gasteiger partial charge in [-0.05, 0) is 37.0 Å². The second-order valence-corrected chi connectivity index (χ2v) is 6.96. The average Bonchev–Trinajstić information content (AvgIpc) is 3.00. The Morgan fingerprint density at radius 2 is 2.12 bits per heavy atom. The number of aliphatic hydroxyl groups is 1. The van der Waals surface area contributed by atoms with Crippen LogP contribution < -0.4 is 0 Å². The van der Waals surface area contributed by atoms with Crippen LogP contribution in [0.4, 0.5) is 0 Å². The lowest BCUT2D eigenvalue weighted by molar-refractivity contribution is 0.0624. The molecule has 25 heavy (non-hydrogen) atoms. The van der Waals surface area contributed by atoms with Crippen molar-refractivity contribution in [1.29, 1.82) is 0 Å². The first kappa shape index (κ1) is 14.7. The van der Waals surface area contributed by atoms with Gasteiger partial charge in [-0.1, -0.05) is 18.2 Å². The number of benzene rings is 1. The Hall–Kier alpha value is -2.66. The Balaban J connectivity index is 1.69. The van der Waals surface area contributed by atoms with Crippen molar-refractivity contribution in [1.82, 2.24) is 14.9 Å². The predicted octanol–water partition coefficient (Wildman–Crippen LogP) is 2.91. The van der Waals surface area contributed by atoms with Gasteiger partial charge in [-0.15, -0.1) is 0 Å². The number of rotatable bonds is 1. The SMILES string of the molecule is C[C@H](O)c1cncc2c1C[C@H]1c3[nH]c4ccccc4c3CCN1C2=O. The standard InChI is InChI=1S/C20H19N3O2/c1-11(24)15-9-21-10-16-14(15)8-18-19-13(6-7-23(18)20(16)25)12-4-2-3-5-17(12)22-19/h2-5,9-11,18,22,24H,6-8H2,1H3/t11-,18-/m0/s1. The fraction of sp³-hybridized carbons (Fsp3) is 0.300. The number of nitrogens with zero attached hydrogens (tertiary/aromatic N) is 2. The minimum Gasteiger partial charge on any atom is -0.389 e. The second kappa shape index (κ2) is 5.17. The number of aliphatic hydroxyl groups excluding tert-OH is 1. The molecule has 1 amide bonds. The summed E-state index contributed by atoms with van der Waals surface area (Å²) in [5.74, 6) is 0.0190. The number of aromatic amines is 1. The number of para-hydroxylation sites is 1. The lowest BCUT2D eigenvalue weighted by Gasteiger charge is -2.40. The molecule has 5 nitrogen and oxygen atoms in total. The maximum Gasteiger partial charge on any atom is 0.256 e. The van der Waals surface area contributed by atoms with Gasteiger partial charge in [-0.2, -0.15) is 0 Å². The smallest absolute Gasteiger partial charge is 0.256 e. The summed E-state index contributed by atoms with van der Waals surface area (Å²) in [4.78, 5) is 22.7. The summed E-state index contributed by atoms with van der Waals surface area (Å²) >= 11 is 0. The van der Waals surface area contributed by atoms with Crippen LogP contribution in [0.5, 0.6) is 0 Å².